The summed E-state index contributed by atoms with van der Waals surface area (Å²) in [5.74, 6) is -1.83. The van der Waals surface area contributed by atoms with E-state index in [9.17, 15) is 20.1 Å². The third kappa shape index (κ3) is 3.50. The van der Waals surface area contributed by atoms with E-state index >= 15 is 0 Å². The lowest BCUT2D eigenvalue weighted by atomic mass is 9.62. The number of hydrogen-bond donors (Lipinski definition) is 3. The summed E-state index contributed by atoms with van der Waals surface area (Å²) in [6, 6.07) is 1.52. The summed E-state index contributed by atoms with van der Waals surface area (Å²) in [7, 11) is 0. The van der Waals surface area contributed by atoms with Crippen LogP contribution in [0, 0.1) is 5.41 Å². The Morgan fingerprint density at radius 3 is 2.58 bits per heavy atom. The van der Waals surface area contributed by atoms with Gasteiger partial charge in [-0.25, -0.2) is 4.79 Å². The van der Waals surface area contributed by atoms with Crippen molar-refractivity contribution in [3.63, 3.8) is 0 Å². The smallest absolute Gasteiger partial charge is 0.339 e. The van der Waals surface area contributed by atoms with E-state index in [0.717, 1.165) is 31.3 Å². The highest BCUT2D eigenvalue weighted by atomic mass is 16.4. The lowest BCUT2D eigenvalue weighted by Crippen LogP contribution is -2.29. The first-order valence-electron chi connectivity index (χ1n) is 9.27. The normalized spacial score (nSPS) is 22.8. The Labute approximate surface area is 155 Å². The largest absolute Gasteiger partial charge is 0.507 e. The van der Waals surface area contributed by atoms with Crippen LogP contribution in [0.1, 0.15) is 80.8 Å². The van der Waals surface area contributed by atoms with E-state index in [-0.39, 0.29) is 28.4 Å². The molecule has 2 rings (SSSR count). The van der Waals surface area contributed by atoms with Crippen LogP contribution in [0.2, 0.25) is 0 Å². The molecule has 2 atom stereocenters. The molecule has 0 aliphatic heterocycles. The van der Waals surface area contributed by atoms with Crippen LogP contribution in [-0.4, -0.2) is 21.3 Å². The molecule has 4 nitrogen and oxygen atoms in total. The molecule has 0 fully saturated rings. The fraction of sp³-hybridized carbons (Fsp3) is 0.500. The van der Waals surface area contributed by atoms with Gasteiger partial charge in [0.2, 0.25) is 0 Å². The van der Waals surface area contributed by atoms with Crippen LogP contribution in [0.3, 0.4) is 0 Å². The monoisotopic (exact) mass is 358 g/mol. The van der Waals surface area contributed by atoms with E-state index in [1.165, 1.54) is 11.6 Å². The van der Waals surface area contributed by atoms with E-state index in [0.29, 0.717) is 17.5 Å². The zero-order chi connectivity index (χ0) is 19.6. The van der Waals surface area contributed by atoms with Gasteiger partial charge in [0.25, 0.3) is 0 Å². The Morgan fingerprint density at radius 1 is 1.38 bits per heavy atom. The number of aromatic hydroxyl groups is 2. The summed E-state index contributed by atoms with van der Waals surface area (Å²) in [6.45, 7) is 12.2. The molecule has 0 spiro atoms. The first-order valence-corrected chi connectivity index (χ1v) is 9.27. The Hall–Kier alpha value is -2.23. The van der Waals surface area contributed by atoms with Crippen LogP contribution in [0.15, 0.2) is 29.9 Å². The van der Waals surface area contributed by atoms with Crippen molar-refractivity contribution < 1.29 is 20.1 Å². The van der Waals surface area contributed by atoms with E-state index in [1.54, 1.807) is 0 Å². The predicted molar refractivity (Wildman–Crippen MR) is 104 cm³/mol. The zero-order valence-corrected chi connectivity index (χ0v) is 16.2. The molecule has 3 N–H and O–H groups in total. The number of hydrogen-bond acceptors (Lipinski definition) is 3. The van der Waals surface area contributed by atoms with Gasteiger partial charge in [-0.15, -0.1) is 0 Å². The van der Waals surface area contributed by atoms with Crippen molar-refractivity contribution in [2.45, 2.75) is 65.7 Å². The van der Waals surface area contributed by atoms with Gasteiger partial charge in [0.1, 0.15) is 17.1 Å². The van der Waals surface area contributed by atoms with Gasteiger partial charge in [-0.1, -0.05) is 44.1 Å². The molecule has 0 aromatic heterocycles. The Balaban J connectivity index is 2.72. The van der Waals surface area contributed by atoms with Crippen molar-refractivity contribution in [2.75, 3.05) is 0 Å². The van der Waals surface area contributed by atoms with Gasteiger partial charge in [0, 0.05) is 11.5 Å². The number of phenols is 2. The molecule has 0 bridgehead atoms. The average molecular weight is 358 g/mol. The van der Waals surface area contributed by atoms with Crippen LogP contribution in [-0.2, 0) is 6.42 Å². The molecule has 0 saturated heterocycles. The lowest BCUT2D eigenvalue weighted by Gasteiger charge is -2.41. The highest BCUT2D eigenvalue weighted by molar-refractivity contribution is 5.94. The molecule has 1 aliphatic carbocycles. The third-order valence-corrected chi connectivity index (χ3v) is 5.88. The highest BCUT2D eigenvalue weighted by Crippen LogP contribution is 2.54. The summed E-state index contributed by atoms with van der Waals surface area (Å²) in [5, 5.41) is 31.3. The lowest BCUT2D eigenvalue weighted by molar-refractivity contribution is 0.0692. The van der Waals surface area contributed by atoms with Gasteiger partial charge in [-0.2, -0.15) is 0 Å². The van der Waals surface area contributed by atoms with Crippen molar-refractivity contribution >= 4 is 5.97 Å². The second kappa shape index (κ2) is 7.56. The molecule has 0 radical (unpaired) electrons. The number of benzene rings is 1. The fourth-order valence-corrected chi connectivity index (χ4v) is 3.88. The number of allylic oxidation sites excluding steroid dienone is 3. The highest BCUT2D eigenvalue weighted by Gasteiger charge is 2.41. The Bertz CT molecular complexity index is 760. The van der Waals surface area contributed by atoms with Crippen molar-refractivity contribution in [3.8, 4) is 11.5 Å². The second-order valence-corrected chi connectivity index (χ2v) is 7.79. The third-order valence-electron chi connectivity index (χ3n) is 5.88. The van der Waals surface area contributed by atoms with Crippen LogP contribution in [0.5, 0.6) is 11.5 Å². The molecule has 1 aromatic carbocycles. The summed E-state index contributed by atoms with van der Waals surface area (Å²) in [4.78, 5) is 11.8. The maximum atomic E-state index is 11.8. The molecule has 0 heterocycles. The molecule has 1 aliphatic rings. The quantitative estimate of drug-likeness (QED) is 0.583. The van der Waals surface area contributed by atoms with Gasteiger partial charge >= 0.3 is 5.97 Å². The minimum Gasteiger partial charge on any atom is -0.507 e. The molecule has 26 heavy (non-hydrogen) atoms. The van der Waals surface area contributed by atoms with Crippen molar-refractivity contribution in [2.24, 2.45) is 5.41 Å². The number of carbonyl (C=O) groups is 1. The minimum absolute atomic E-state index is 0.0398. The summed E-state index contributed by atoms with van der Waals surface area (Å²) < 4.78 is 0. The van der Waals surface area contributed by atoms with Crippen molar-refractivity contribution in [3.05, 3.63) is 46.6 Å². The number of carboxylic acid groups (broad SMARTS) is 1. The molecule has 1 unspecified atom stereocenters. The molecule has 0 amide bonds. The fourth-order valence-electron chi connectivity index (χ4n) is 3.88. The van der Waals surface area contributed by atoms with Gasteiger partial charge in [-0.05, 0) is 56.6 Å². The van der Waals surface area contributed by atoms with Crippen LogP contribution >= 0.6 is 0 Å². The molecule has 1 aromatic rings. The average Bonchev–Trinajstić information content (AvgIpc) is 2.55. The van der Waals surface area contributed by atoms with Crippen LogP contribution in [0.25, 0.3) is 0 Å². The van der Waals surface area contributed by atoms with Gasteiger partial charge in [0.05, 0.1) is 0 Å². The summed E-state index contributed by atoms with van der Waals surface area (Å²) >= 11 is 0. The first-order chi connectivity index (χ1) is 12.1. The molecular formula is C22H30O4. The van der Waals surface area contributed by atoms with E-state index in [1.807, 2.05) is 26.8 Å². The number of carboxylic acids is 1. The maximum Gasteiger partial charge on any atom is 0.339 e. The molecule has 0 saturated carbocycles. The predicted octanol–water partition coefficient (Wildman–Crippen LogP) is 5.54. The Kier molecular flexibility index (Phi) is 5.84. The first kappa shape index (κ1) is 20.1. The van der Waals surface area contributed by atoms with Gasteiger partial charge in [0.15, 0.2) is 0 Å². The van der Waals surface area contributed by atoms with E-state index < -0.39 is 5.97 Å². The SMILES string of the molecule is C=C(C)[C@]1(C)CCC(C)=CC1c1c(O)cc(CCCC)c(C(=O)O)c1O. The standard InChI is InChI=1S/C22H30O4/c1-6-7-8-15-12-17(23)19(20(24)18(15)21(25)26)16-11-14(4)9-10-22(16,5)13(2)3/h11-12,16,23-24H,2,6-10H2,1,3-5H3,(H,25,26)/t16?,22-/m0/s1. The minimum atomic E-state index is -1.16. The second-order valence-electron chi connectivity index (χ2n) is 7.79. The van der Waals surface area contributed by atoms with E-state index in [4.69, 9.17) is 0 Å². The molecule has 142 valence electrons. The van der Waals surface area contributed by atoms with Crippen LogP contribution in [0.4, 0.5) is 0 Å². The topological polar surface area (TPSA) is 77.8 Å². The number of aryl methyl sites for hydroxylation is 1. The van der Waals surface area contributed by atoms with Crippen molar-refractivity contribution in [1.29, 1.82) is 0 Å². The zero-order valence-electron chi connectivity index (χ0n) is 16.2. The summed E-state index contributed by atoms with van der Waals surface area (Å²) in [6.07, 6.45) is 6.00. The number of unbranched alkanes of at least 4 members (excludes halogenated alkanes) is 1. The molecular weight excluding hydrogens is 328 g/mol. The van der Waals surface area contributed by atoms with Crippen molar-refractivity contribution in [1.82, 2.24) is 0 Å². The number of aromatic carboxylic acids is 1. The molecule has 4 heteroatoms. The van der Waals surface area contributed by atoms with Crippen LogP contribution < -0.4 is 0 Å². The van der Waals surface area contributed by atoms with Gasteiger partial charge < -0.3 is 15.3 Å². The Morgan fingerprint density at radius 2 is 2.04 bits per heavy atom. The number of rotatable bonds is 6. The maximum absolute atomic E-state index is 11.8. The summed E-state index contributed by atoms with van der Waals surface area (Å²) in [5.41, 5.74) is 2.46. The van der Waals surface area contributed by atoms with Gasteiger partial charge in [-0.3, -0.25) is 0 Å². The van der Waals surface area contributed by atoms with E-state index in [2.05, 4.69) is 13.5 Å². The number of phenolic OH excluding ortho intramolecular Hbond substituents is 1.